The number of rotatable bonds is 6. The summed E-state index contributed by atoms with van der Waals surface area (Å²) in [4.78, 5) is 4.45. The van der Waals surface area contributed by atoms with Crippen molar-refractivity contribution in [3.8, 4) is 0 Å². The van der Waals surface area contributed by atoms with Gasteiger partial charge in [-0.1, -0.05) is 31.2 Å². The van der Waals surface area contributed by atoms with Crippen molar-refractivity contribution in [1.29, 1.82) is 0 Å². The summed E-state index contributed by atoms with van der Waals surface area (Å²) in [5.74, 6) is 1.13. The molecule has 100 valence electrons. The standard InChI is InChI=1S/C16H21N3/c1-2-13-3-5-14(6-4-13)12-19-10-9-17-16(19)11-18-15-7-8-15/h3-6,9-10,15,18H,2,7-8,11-12H2,1H3. The van der Waals surface area contributed by atoms with Crippen LogP contribution in [0.1, 0.15) is 36.7 Å². The number of aromatic nitrogens is 2. The molecule has 0 aliphatic heterocycles. The molecule has 0 unspecified atom stereocenters. The van der Waals surface area contributed by atoms with Gasteiger partial charge in [0.15, 0.2) is 0 Å². The minimum Gasteiger partial charge on any atom is -0.329 e. The van der Waals surface area contributed by atoms with E-state index in [1.807, 2.05) is 6.20 Å². The van der Waals surface area contributed by atoms with Crippen LogP contribution >= 0.6 is 0 Å². The molecular formula is C16H21N3. The summed E-state index contributed by atoms with van der Waals surface area (Å²) in [5, 5.41) is 3.52. The molecule has 1 aliphatic carbocycles. The molecule has 0 amide bonds. The maximum absolute atomic E-state index is 4.45. The molecule has 1 aromatic heterocycles. The average Bonchev–Trinajstić information content (AvgIpc) is 3.18. The summed E-state index contributed by atoms with van der Waals surface area (Å²) >= 11 is 0. The summed E-state index contributed by atoms with van der Waals surface area (Å²) < 4.78 is 2.23. The van der Waals surface area contributed by atoms with E-state index in [4.69, 9.17) is 0 Å². The molecule has 3 heteroatoms. The van der Waals surface area contributed by atoms with E-state index in [1.165, 1.54) is 24.0 Å². The first kappa shape index (κ1) is 12.4. The van der Waals surface area contributed by atoms with Gasteiger partial charge in [-0.25, -0.2) is 4.98 Å². The molecular weight excluding hydrogens is 234 g/mol. The molecule has 2 aromatic rings. The average molecular weight is 255 g/mol. The highest BCUT2D eigenvalue weighted by atomic mass is 15.1. The van der Waals surface area contributed by atoms with Gasteiger partial charge >= 0.3 is 0 Å². The van der Waals surface area contributed by atoms with E-state index in [1.54, 1.807) is 0 Å². The minimum absolute atomic E-state index is 0.731. The van der Waals surface area contributed by atoms with Crippen LogP contribution in [0.25, 0.3) is 0 Å². The van der Waals surface area contributed by atoms with Gasteiger partial charge in [-0.2, -0.15) is 0 Å². The number of nitrogens with one attached hydrogen (secondary N) is 1. The van der Waals surface area contributed by atoms with Gasteiger partial charge in [0.25, 0.3) is 0 Å². The molecule has 1 heterocycles. The first-order valence-electron chi connectivity index (χ1n) is 7.16. The highest BCUT2D eigenvalue weighted by Crippen LogP contribution is 2.19. The van der Waals surface area contributed by atoms with Crippen LogP contribution in [-0.4, -0.2) is 15.6 Å². The highest BCUT2D eigenvalue weighted by molar-refractivity contribution is 5.23. The van der Waals surface area contributed by atoms with Crippen molar-refractivity contribution in [3.63, 3.8) is 0 Å². The summed E-state index contributed by atoms with van der Waals surface area (Å²) in [6.07, 6.45) is 7.70. The quantitative estimate of drug-likeness (QED) is 0.860. The zero-order valence-corrected chi connectivity index (χ0v) is 11.5. The zero-order chi connectivity index (χ0) is 13.1. The zero-order valence-electron chi connectivity index (χ0n) is 11.5. The Kier molecular flexibility index (Phi) is 3.65. The fraction of sp³-hybridized carbons (Fsp3) is 0.438. The Labute approximate surface area is 114 Å². The van der Waals surface area contributed by atoms with Crippen LogP contribution in [0.5, 0.6) is 0 Å². The molecule has 1 aliphatic rings. The van der Waals surface area contributed by atoms with E-state index in [0.717, 1.165) is 31.4 Å². The van der Waals surface area contributed by atoms with E-state index in [9.17, 15) is 0 Å². The molecule has 1 saturated carbocycles. The van der Waals surface area contributed by atoms with E-state index >= 15 is 0 Å². The third-order valence-electron chi connectivity index (χ3n) is 3.71. The second-order valence-electron chi connectivity index (χ2n) is 5.30. The van der Waals surface area contributed by atoms with Crippen molar-refractivity contribution in [2.75, 3.05) is 0 Å². The summed E-state index contributed by atoms with van der Waals surface area (Å²) in [7, 11) is 0. The topological polar surface area (TPSA) is 29.9 Å². The van der Waals surface area contributed by atoms with Crippen molar-refractivity contribution in [2.24, 2.45) is 0 Å². The minimum atomic E-state index is 0.731. The van der Waals surface area contributed by atoms with Gasteiger partial charge in [-0.05, 0) is 30.4 Å². The molecule has 19 heavy (non-hydrogen) atoms. The van der Waals surface area contributed by atoms with Gasteiger partial charge < -0.3 is 9.88 Å². The largest absolute Gasteiger partial charge is 0.329 e. The summed E-state index contributed by atoms with van der Waals surface area (Å²) in [6, 6.07) is 9.60. The third-order valence-corrected chi connectivity index (χ3v) is 3.71. The Bertz CT molecular complexity index is 523. The SMILES string of the molecule is CCc1ccc(Cn2ccnc2CNC2CC2)cc1. The predicted octanol–water partition coefficient (Wildman–Crippen LogP) is 2.75. The molecule has 0 bridgehead atoms. The molecule has 0 saturated heterocycles. The second kappa shape index (κ2) is 5.57. The second-order valence-corrected chi connectivity index (χ2v) is 5.30. The van der Waals surface area contributed by atoms with Crippen molar-refractivity contribution in [3.05, 3.63) is 53.6 Å². The maximum atomic E-state index is 4.45. The van der Waals surface area contributed by atoms with Gasteiger partial charge in [0, 0.05) is 25.0 Å². The lowest BCUT2D eigenvalue weighted by molar-refractivity contribution is 0.618. The molecule has 3 rings (SSSR count). The number of imidazole rings is 1. The van der Waals surface area contributed by atoms with Crippen molar-refractivity contribution < 1.29 is 0 Å². The van der Waals surface area contributed by atoms with Crippen molar-refractivity contribution >= 4 is 0 Å². The van der Waals surface area contributed by atoms with Crippen LogP contribution in [0.15, 0.2) is 36.7 Å². The van der Waals surface area contributed by atoms with Crippen LogP contribution in [0.3, 0.4) is 0 Å². The molecule has 0 atom stereocenters. The van der Waals surface area contributed by atoms with Crippen molar-refractivity contribution in [2.45, 2.75) is 45.3 Å². The van der Waals surface area contributed by atoms with Crippen LogP contribution in [-0.2, 0) is 19.5 Å². The smallest absolute Gasteiger partial charge is 0.122 e. The Morgan fingerprint density at radius 2 is 1.95 bits per heavy atom. The number of aryl methyl sites for hydroxylation is 1. The van der Waals surface area contributed by atoms with Gasteiger partial charge in [0.2, 0.25) is 0 Å². The van der Waals surface area contributed by atoms with E-state index in [0.29, 0.717) is 0 Å². The third kappa shape index (κ3) is 3.24. The number of hydrogen-bond donors (Lipinski definition) is 1. The fourth-order valence-electron chi connectivity index (χ4n) is 2.25. The highest BCUT2D eigenvalue weighted by Gasteiger charge is 2.20. The first-order chi connectivity index (χ1) is 9.35. The van der Waals surface area contributed by atoms with Crippen molar-refractivity contribution in [1.82, 2.24) is 14.9 Å². The lowest BCUT2D eigenvalue weighted by atomic mass is 10.1. The maximum Gasteiger partial charge on any atom is 0.122 e. The number of benzene rings is 1. The molecule has 0 spiro atoms. The normalized spacial score (nSPS) is 14.8. The Morgan fingerprint density at radius 1 is 1.21 bits per heavy atom. The Morgan fingerprint density at radius 3 is 2.63 bits per heavy atom. The Balaban J connectivity index is 1.65. The first-order valence-corrected chi connectivity index (χ1v) is 7.16. The van der Waals surface area contributed by atoms with E-state index < -0.39 is 0 Å². The van der Waals surface area contributed by atoms with Crippen LogP contribution in [0.2, 0.25) is 0 Å². The number of nitrogens with zero attached hydrogens (tertiary/aromatic N) is 2. The fourth-order valence-corrected chi connectivity index (χ4v) is 2.25. The van der Waals surface area contributed by atoms with Crippen LogP contribution in [0, 0.1) is 0 Å². The van der Waals surface area contributed by atoms with Gasteiger partial charge in [-0.3, -0.25) is 0 Å². The van der Waals surface area contributed by atoms with Gasteiger partial charge in [-0.15, -0.1) is 0 Å². The van der Waals surface area contributed by atoms with Crippen LogP contribution in [0.4, 0.5) is 0 Å². The summed E-state index contributed by atoms with van der Waals surface area (Å²) in [6.45, 7) is 3.98. The molecule has 3 nitrogen and oxygen atoms in total. The Hall–Kier alpha value is -1.61. The molecule has 1 N–H and O–H groups in total. The predicted molar refractivity (Wildman–Crippen MR) is 77.0 cm³/mol. The monoisotopic (exact) mass is 255 g/mol. The summed E-state index contributed by atoms with van der Waals surface area (Å²) in [5.41, 5.74) is 2.73. The van der Waals surface area contributed by atoms with Crippen LogP contribution < -0.4 is 5.32 Å². The number of hydrogen-bond acceptors (Lipinski definition) is 2. The van der Waals surface area contributed by atoms with E-state index in [-0.39, 0.29) is 0 Å². The lowest BCUT2D eigenvalue weighted by Crippen LogP contribution is -2.19. The molecule has 0 radical (unpaired) electrons. The lowest BCUT2D eigenvalue weighted by Gasteiger charge is -2.09. The van der Waals surface area contributed by atoms with E-state index in [2.05, 4.69) is 52.3 Å². The molecule has 1 fully saturated rings. The van der Waals surface area contributed by atoms with Gasteiger partial charge in [0.1, 0.15) is 5.82 Å². The van der Waals surface area contributed by atoms with Gasteiger partial charge in [0.05, 0.1) is 6.54 Å². The molecule has 1 aromatic carbocycles.